The lowest BCUT2D eigenvalue weighted by Gasteiger charge is -2.39. The average Bonchev–Trinajstić information content (AvgIpc) is 2.79. The standard InChI is InChI=1S/C17H18FNO2/c1-2-9-19-10-7-17(8-11-19)15(12-16(20)21-17)13-3-5-14(18)6-4-13/h2-6,12H,1,7-11H2. The van der Waals surface area contributed by atoms with Gasteiger partial charge in [-0.15, -0.1) is 6.58 Å². The van der Waals surface area contributed by atoms with Crippen LogP contribution in [-0.4, -0.2) is 36.1 Å². The third-order valence-corrected chi connectivity index (χ3v) is 4.26. The molecule has 3 rings (SSSR count). The summed E-state index contributed by atoms with van der Waals surface area (Å²) in [7, 11) is 0. The topological polar surface area (TPSA) is 29.5 Å². The maximum atomic E-state index is 13.1. The molecule has 2 aliphatic rings. The van der Waals surface area contributed by atoms with Gasteiger partial charge in [0.25, 0.3) is 0 Å². The van der Waals surface area contributed by atoms with Gasteiger partial charge in [0, 0.05) is 44.1 Å². The fourth-order valence-corrected chi connectivity index (χ4v) is 3.15. The average molecular weight is 287 g/mol. The summed E-state index contributed by atoms with van der Waals surface area (Å²) >= 11 is 0. The molecule has 3 nitrogen and oxygen atoms in total. The molecule has 2 heterocycles. The second kappa shape index (κ2) is 5.45. The molecule has 110 valence electrons. The van der Waals surface area contributed by atoms with Gasteiger partial charge in [-0.2, -0.15) is 0 Å². The van der Waals surface area contributed by atoms with E-state index >= 15 is 0 Å². The zero-order valence-electron chi connectivity index (χ0n) is 11.8. The first-order valence-corrected chi connectivity index (χ1v) is 7.17. The van der Waals surface area contributed by atoms with Crippen molar-refractivity contribution in [2.45, 2.75) is 18.4 Å². The zero-order valence-corrected chi connectivity index (χ0v) is 11.8. The Morgan fingerprint density at radius 3 is 2.57 bits per heavy atom. The van der Waals surface area contributed by atoms with Gasteiger partial charge in [-0.25, -0.2) is 9.18 Å². The predicted molar refractivity (Wildman–Crippen MR) is 79.1 cm³/mol. The maximum Gasteiger partial charge on any atom is 0.332 e. The van der Waals surface area contributed by atoms with Crippen molar-refractivity contribution in [2.24, 2.45) is 0 Å². The van der Waals surface area contributed by atoms with Crippen LogP contribution in [-0.2, 0) is 9.53 Å². The summed E-state index contributed by atoms with van der Waals surface area (Å²) in [6, 6.07) is 6.25. The third-order valence-electron chi connectivity index (χ3n) is 4.26. The highest BCUT2D eigenvalue weighted by molar-refractivity contribution is 5.98. The summed E-state index contributed by atoms with van der Waals surface area (Å²) in [6.45, 7) is 6.32. The Hall–Kier alpha value is -1.94. The summed E-state index contributed by atoms with van der Waals surface area (Å²) in [5.41, 5.74) is 1.19. The van der Waals surface area contributed by atoms with E-state index in [4.69, 9.17) is 4.74 Å². The molecule has 4 heteroatoms. The van der Waals surface area contributed by atoms with Crippen LogP contribution in [0, 0.1) is 5.82 Å². The van der Waals surface area contributed by atoms with Crippen molar-refractivity contribution in [1.82, 2.24) is 4.90 Å². The van der Waals surface area contributed by atoms with E-state index in [1.807, 2.05) is 6.08 Å². The fraction of sp³-hybridized carbons (Fsp3) is 0.353. The van der Waals surface area contributed by atoms with Crippen LogP contribution in [0.5, 0.6) is 0 Å². The Bertz CT molecular complexity index is 583. The highest BCUT2D eigenvalue weighted by atomic mass is 19.1. The zero-order chi connectivity index (χ0) is 14.9. The predicted octanol–water partition coefficient (Wildman–Crippen LogP) is 2.79. The first kappa shape index (κ1) is 14.0. The molecule has 1 aromatic carbocycles. The Morgan fingerprint density at radius 1 is 1.29 bits per heavy atom. The molecule has 0 N–H and O–H groups in total. The lowest BCUT2D eigenvalue weighted by molar-refractivity contribution is -0.148. The first-order valence-electron chi connectivity index (χ1n) is 7.17. The monoisotopic (exact) mass is 287 g/mol. The summed E-state index contributed by atoms with van der Waals surface area (Å²) < 4.78 is 18.7. The number of carbonyl (C=O) groups excluding carboxylic acids is 1. The quantitative estimate of drug-likeness (QED) is 0.632. The van der Waals surface area contributed by atoms with Crippen LogP contribution >= 0.6 is 0 Å². The van der Waals surface area contributed by atoms with Crippen molar-refractivity contribution in [3.05, 3.63) is 54.4 Å². The highest BCUT2D eigenvalue weighted by Crippen LogP contribution is 2.43. The summed E-state index contributed by atoms with van der Waals surface area (Å²) in [4.78, 5) is 14.1. The Morgan fingerprint density at radius 2 is 1.95 bits per heavy atom. The highest BCUT2D eigenvalue weighted by Gasteiger charge is 2.45. The number of ether oxygens (including phenoxy) is 1. The molecule has 0 saturated carbocycles. The minimum absolute atomic E-state index is 0.278. The van der Waals surface area contributed by atoms with Crippen LogP contribution in [0.1, 0.15) is 18.4 Å². The second-order valence-corrected chi connectivity index (χ2v) is 5.57. The van der Waals surface area contributed by atoms with Crippen molar-refractivity contribution in [3.8, 4) is 0 Å². The molecule has 1 saturated heterocycles. The molecule has 1 fully saturated rings. The number of halogens is 1. The summed E-state index contributed by atoms with van der Waals surface area (Å²) in [5, 5.41) is 0. The molecule has 0 atom stereocenters. The first-order chi connectivity index (χ1) is 10.1. The van der Waals surface area contributed by atoms with Gasteiger partial charge in [-0.3, -0.25) is 4.90 Å². The molecule has 0 aromatic heterocycles. The molecular weight excluding hydrogens is 269 g/mol. The van der Waals surface area contributed by atoms with Crippen LogP contribution in [0.25, 0.3) is 5.57 Å². The molecule has 0 unspecified atom stereocenters. The molecule has 0 aliphatic carbocycles. The molecule has 1 spiro atoms. The Labute approximate surface area is 123 Å². The van der Waals surface area contributed by atoms with Crippen molar-refractivity contribution in [1.29, 1.82) is 0 Å². The van der Waals surface area contributed by atoms with Crippen LogP contribution in [0.15, 0.2) is 43.0 Å². The Balaban J connectivity index is 1.85. The van der Waals surface area contributed by atoms with Crippen molar-refractivity contribution in [3.63, 3.8) is 0 Å². The van der Waals surface area contributed by atoms with E-state index in [-0.39, 0.29) is 11.8 Å². The number of nitrogens with zero attached hydrogens (tertiary/aromatic N) is 1. The molecule has 0 radical (unpaired) electrons. The van der Waals surface area contributed by atoms with Gasteiger partial charge in [-0.1, -0.05) is 18.2 Å². The van der Waals surface area contributed by atoms with E-state index in [2.05, 4.69) is 11.5 Å². The lowest BCUT2D eigenvalue weighted by atomic mass is 9.81. The van der Waals surface area contributed by atoms with Gasteiger partial charge < -0.3 is 4.74 Å². The van der Waals surface area contributed by atoms with Gasteiger partial charge >= 0.3 is 5.97 Å². The van der Waals surface area contributed by atoms with E-state index in [9.17, 15) is 9.18 Å². The molecule has 21 heavy (non-hydrogen) atoms. The maximum absolute atomic E-state index is 13.1. The second-order valence-electron chi connectivity index (χ2n) is 5.57. The van der Waals surface area contributed by atoms with Crippen molar-refractivity contribution in [2.75, 3.05) is 19.6 Å². The number of hydrogen-bond donors (Lipinski definition) is 0. The summed E-state index contributed by atoms with van der Waals surface area (Å²) in [5.74, 6) is -0.578. The van der Waals surface area contributed by atoms with Crippen LogP contribution < -0.4 is 0 Å². The van der Waals surface area contributed by atoms with E-state index in [1.165, 1.54) is 12.1 Å². The number of esters is 1. The van der Waals surface area contributed by atoms with Gasteiger partial charge in [0.2, 0.25) is 0 Å². The molecule has 0 amide bonds. The van der Waals surface area contributed by atoms with E-state index < -0.39 is 5.60 Å². The van der Waals surface area contributed by atoms with E-state index in [0.717, 1.165) is 43.6 Å². The molecule has 1 aromatic rings. The van der Waals surface area contributed by atoms with Crippen molar-refractivity contribution >= 4 is 11.5 Å². The molecule has 2 aliphatic heterocycles. The fourth-order valence-electron chi connectivity index (χ4n) is 3.15. The minimum atomic E-state index is -0.549. The SMILES string of the molecule is C=CCN1CCC2(CC1)OC(=O)C=C2c1ccc(F)cc1. The smallest absolute Gasteiger partial charge is 0.332 e. The number of rotatable bonds is 3. The molecular formula is C17H18FNO2. The number of hydrogen-bond acceptors (Lipinski definition) is 3. The third kappa shape index (κ3) is 2.63. The number of piperidine rings is 1. The van der Waals surface area contributed by atoms with Gasteiger partial charge in [0.1, 0.15) is 11.4 Å². The van der Waals surface area contributed by atoms with Gasteiger partial charge in [0.15, 0.2) is 0 Å². The minimum Gasteiger partial charge on any atom is -0.451 e. The van der Waals surface area contributed by atoms with E-state index in [1.54, 1.807) is 18.2 Å². The largest absolute Gasteiger partial charge is 0.451 e. The number of likely N-dealkylation sites (tertiary alicyclic amines) is 1. The van der Waals surface area contributed by atoms with Crippen LogP contribution in [0.2, 0.25) is 0 Å². The normalized spacial score (nSPS) is 21.2. The lowest BCUT2D eigenvalue weighted by Crippen LogP contribution is -2.45. The van der Waals surface area contributed by atoms with Gasteiger partial charge in [0.05, 0.1) is 0 Å². The van der Waals surface area contributed by atoms with Crippen molar-refractivity contribution < 1.29 is 13.9 Å². The molecule has 0 bridgehead atoms. The van der Waals surface area contributed by atoms with Crippen LogP contribution in [0.4, 0.5) is 4.39 Å². The Kier molecular flexibility index (Phi) is 3.64. The summed E-state index contributed by atoms with van der Waals surface area (Å²) in [6.07, 6.45) is 4.96. The number of benzene rings is 1. The van der Waals surface area contributed by atoms with Gasteiger partial charge in [-0.05, 0) is 17.7 Å². The van der Waals surface area contributed by atoms with Crippen LogP contribution in [0.3, 0.4) is 0 Å². The number of carbonyl (C=O) groups is 1. The van der Waals surface area contributed by atoms with E-state index in [0.29, 0.717) is 0 Å².